The third-order valence-corrected chi connectivity index (χ3v) is 7.50. The van der Waals surface area contributed by atoms with E-state index in [0.717, 1.165) is 32.0 Å². The molecule has 0 saturated carbocycles. The zero-order valence-corrected chi connectivity index (χ0v) is 18.8. The van der Waals surface area contributed by atoms with Crippen LogP contribution in [0.3, 0.4) is 0 Å². The van der Waals surface area contributed by atoms with Gasteiger partial charge in [0.1, 0.15) is 17.2 Å². The Hall–Kier alpha value is -3.42. The van der Waals surface area contributed by atoms with Gasteiger partial charge in [-0.3, -0.25) is 5.32 Å². The molecule has 32 heavy (non-hydrogen) atoms. The van der Waals surface area contributed by atoms with Gasteiger partial charge in [0, 0.05) is 26.6 Å². The number of carboxylic acids is 1. The van der Waals surface area contributed by atoms with Crippen molar-refractivity contribution in [3.8, 4) is 21.6 Å². The molecule has 7 heteroatoms. The predicted molar refractivity (Wildman–Crippen MR) is 128 cm³/mol. The SMILES string of the molecule is Cc1ccc(-c2csc(NC(=O)OCC3c4ccccc4-c4ccccc43)c2C(=O)O)s1. The second-order valence-electron chi connectivity index (χ2n) is 7.52. The van der Waals surface area contributed by atoms with Crippen LogP contribution in [0.25, 0.3) is 21.6 Å². The lowest BCUT2D eigenvalue weighted by Gasteiger charge is -2.14. The van der Waals surface area contributed by atoms with E-state index in [4.69, 9.17) is 4.74 Å². The van der Waals surface area contributed by atoms with Crippen molar-refractivity contribution in [1.29, 1.82) is 0 Å². The molecule has 160 valence electrons. The summed E-state index contributed by atoms with van der Waals surface area (Å²) in [6.07, 6.45) is -0.662. The number of aromatic carboxylic acids is 1. The number of carbonyl (C=O) groups is 2. The maximum Gasteiger partial charge on any atom is 0.412 e. The first-order chi connectivity index (χ1) is 15.5. The highest BCUT2D eigenvalue weighted by Gasteiger charge is 2.29. The van der Waals surface area contributed by atoms with Crippen LogP contribution < -0.4 is 5.32 Å². The Balaban J connectivity index is 1.34. The molecule has 0 fully saturated rings. The summed E-state index contributed by atoms with van der Waals surface area (Å²) in [5.74, 6) is -1.14. The minimum absolute atomic E-state index is 0.0555. The highest BCUT2D eigenvalue weighted by molar-refractivity contribution is 7.17. The van der Waals surface area contributed by atoms with E-state index in [-0.39, 0.29) is 23.1 Å². The third kappa shape index (κ3) is 3.59. The molecule has 0 atom stereocenters. The van der Waals surface area contributed by atoms with Gasteiger partial charge in [-0.15, -0.1) is 22.7 Å². The van der Waals surface area contributed by atoms with E-state index >= 15 is 0 Å². The zero-order chi connectivity index (χ0) is 22.2. The molecule has 2 N–H and O–H groups in total. The molecule has 2 heterocycles. The van der Waals surface area contributed by atoms with Crippen LogP contribution in [0.5, 0.6) is 0 Å². The van der Waals surface area contributed by atoms with Crippen LogP contribution in [0.15, 0.2) is 66.0 Å². The van der Waals surface area contributed by atoms with E-state index in [1.165, 1.54) is 22.7 Å². The smallest absolute Gasteiger partial charge is 0.412 e. The molecular weight excluding hydrogens is 442 g/mol. The van der Waals surface area contributed by atoms with E-state index < -0.39 is 12.1 Å². The Kier molecular flexibility index (Phi) is 5.28. The molecule has 0 aliphatic heterocycles. The molecule has 0 spiro atoms. The summed E-state index contributed by atoms with van der Waals surface area (Å²) in [4.78, 5) is 26.5. The molecule has 5 nitrogen and oxygen atoms in total. The van der Waals surface area contributed by atoms with Crippen LogP contribution in [-0.4, -0.2) is 23.8 Å². The molecule has 4 aromatic rings. The molecule has 5 rings (SSSR count). The fourth-order valence-corrected chi connectivity index (χ4v) is 6.05. The maximum atomic E-state index is 12.6. The van der Waals surface area contributed by atoms with Gasteiger partial charge < -0.3 is 9.84 Å². The van der Waals surface area contributed by atoms with Crippen LogP contribution >= 0.6 is 22.7 Å². The maximum absolute atomic E-state index is 12.6. The molecule has 2 aromatic carbocycles. The monoisotopic (exact) mass is 461 g/mol. The fraction of sp³-hybridized carbons (Fsp3) is 0.120. The second-order valence-corrected chi connectivity index (χ2v) is 9.69. The third-order valence-electron chi connectivity index (χ3n) is 5.57. The first kappa shape index (κ1) is 20.5. The molecule has 0 saturated heterocycles. The lowest BCUT2D eigenvalue weighted by Crippen LogP contribution is -2.18. The van der Waals surface area contributed by atoms with Gasteiger partial charge in [0.25, 0.3) is 0 Å². The van der Waals surface area contributed by atoms with Gasteiger partial charge in [0.15, 0.2) is 0 Å². The number of aryl methyl sites for hydroxylation is 1. The number of hydrogen-bond acceptors (Lipinski definition) is 5. The van der Waals surface area contributed by atoms with Crippen molar-refractivity contribution in [3.05, 3.63) is 87.6 Å². The van der Waals surface area contributed by atoms with Crippen LogP contribution in [0.2, 0.25) is 0 Å². The number of amides is 1. The number of thiophene rings is 2. The average Bonchev–Trinajstić information content (AvgIpc) is 3.48. The van der Waals surface area contributed by atoms with E-state index in [1.54, 1.807) is 5.38 Å². The normalized spacial score (nSPS) is 12.3. The number of fused-ring (bicyclic) bond motifs is 3. The van der Waals surface area contributed by atoms with Gasteiger partial charge in [0.2, 0.25) is 0 Å². The van der Waals surface area contributed by atoms with Gasteiger partial charge in [-0.05, 0) is 41.3 Å². The quantitative estimate of drug-likeness (QED) is 0.341. The topological polar surface area (TPSA) is 75.6 Å². The Morgan fingerprint density at radius 3 is 2.22 bits per heavy atom. The molecule has 0 radical (unpaired) electrons. The minimum atomic E-state index is -1.08. The molecule has 0 unspecified atom stereocenters. The number of carbonyl (C=O) groups excluding carboxylic acids is 1. The van der Waals surface area contributed by atoms with E-state index in [1.807, 2.05) is 43.3 Å². The van der Waals surface area contributed by atoms with Gasteiger partial charge in [0.05, 0.1) is 0 Å². The summed E-state index contributed by atoms with van der Waals surface area (Å²) in [5, 5.41) is 14.4. The molecule has 1 aliphatic rings. The highest BCUT2D eigenvalue weighted by atomic mass is 32.1. The first-order valence-electron chi connectivity index (χ1n) is 10.1. The van der Waals surface area contributed by atoms with Crippen molar-refractivity contribution < 1.29 is 19.4 Å². The summed E-state index contributed by atoms with van der Waals surface area (Å²) >= 11 is 2.70. The largest absolute Gasteiger partial charge is 0.478 e. The zero-order valence-electron chi connectivity index (χ0n) is 17.1. The summed E-state index contributed by atoms with van der Waals surface area (Å²) in [7, 11) is 0. The average molecular weight is 462 g/mol. The van der Waals surface area contributed by atoms with E-state index in [9.17, 15) is 14.7 Å². The number of carboxylic acid groups (broad SMARTS) is 1. The number of hydrogen-bond donors (Lipinski definition) is 2. The molecule has 1 aliphatic carbocycles. The summed E-state index contributed by atoms with van der Waals surface area (Å²) in [6, 6.07) is 20.1. The molecular formula is C25H19NO4S2. The number of ether oxygens (including phenoxy) is 1. The lowest BCUT2D eigenvalue weighted by atomic mass is 9.98. The Morgan fingerprint density at radius 1 is 0.969 bits per heavy atom. The van der Waals surface area contributed by atoms with Gasteiger partial charge in [-0.2, -0.15) is 0 Å². The van der Waals surface area contributed by atoms with Crippen molar-refractivity contribution in [1.82, 2.24) is 0 Å². The fourth-order valence-electron chi connectivity index (χ4n) is 4.15. The Morgan fingerprint density at radius 2 is 1.62 bits per heavy atom. The lowest BCUT2D eigenvalue weighted by molar-refractivity contribution is 0.0699. The summed E-state index contributed by atoms with van der Waals surface area (Å²) in [6.45, 7) is 2.14. The first-order valence-corrected chi connectivity index (χ1v) is 11.8. The second kappa shape index (κ2) is 8.26. The molecule has 2 aromatic heterocycles. The van der Waals surface area contributed by atoms with Crippen molar-refractivity contribution in [2.24, 2.45) is 0 Å². The standard InChI is InChI=1S/C25H19NO4S2/c1-14-10-11-21(32-14)20-13-31-23(22(20)24(27)28)26-25(29)30-12-19-17-8-4-2-6-15(17)16-7-3-5-9-18(16)19/h2-11,13,19H,12H2,1H3,(H,26,29)(H,27,28). The minimum Gasteiger partial charge on any atom is -0.478 e. The Bertz CT molecular complexity index is 1290. The predicted octanol–water partition coefficient (Wildman–Crippen LogP) is 6.84. The number of benzene rings is 2. The Labute approximate surface area is 192 Å². The van der Waals surface area contributed by atoms with E-state index in [2.05, 4.69) is 29.6 Å². The highest BCUT2D eigenvalue weighted by Crippen LogP contribution is 2.44. The van der Waals surface area contributed by atoms with Gasteiger partial charge in [-0.1, -0.05) is 48.5 Å². The summed E-state index contributed by atoms with van der Waals surface area (Å²) < 4.78 is 5.56. The number of nitrogens with one attached hydrogen (secondary N) is 1. The van der Waals surface area contributed by atoms with Gasteiger partial charge in [-0.25, -0.2) is 9.59 Å². The van der Waals surface area contributed by atoms with Crippen LogP contribution in [-0.2, 0) is 4.74 Å². The number of rotatable bonds is 5. The number of anilines is 1. The summed E-state index contributed by atoms with van der Waals surface area (Å²) in [5.41, 5.74) is 5.25. The molecule has 0 bridgehead atoms. The van der Waals surface area contributed by atoms with Gasteiger partial charge >= 0.3 is 12.1 Å². The van der Waals surface area contributed by atoms with Crippen molar-refractivity contribution in [2.75, 3.05) is 11.9 Å². The van der Waals surface area contributed by atoms with Crippen molar-refractivity contribution in [3.63, 3.8) is 0 Å². The van der Waals surface area contributed by atoms with Crippen molar-refractivity contribution in [2.45, 2.75) is 12.8 Å². The van der Waals surface area contributed by atoms with E-state index in [0.29, 0.717) is 5.56 Å². The molecule has 1 amide bonds. The van der Waals surface area contributed by atoms with Crippen molar-refractivity contribution >= 4 is 39.7 Å². The van der Waals surface area contributed by atoms with Crippen LogP contribution in [0, 0.1) is 6.92 Å². The van der Waals surface area contributed by atoms with Crippen LogP contribution in [0.4, 0.5) is 9.80 Å². The van der Waals surface area contributed by atoms with Crippen LogP contribution in [0.1, 0.15) is 32.3 Å².